The van der Waals surface area contributed by atoms with Crippen LogP contribution in [0, 0.1) is 6.92 Å². The van der Waals surface area contributed by atoms with Crippen molar-refractivity contribution in [3.05, 3.63) is 68.6 Å². The zero-order valence-corrected chi connectivity index (χ0v) is 30.0. The van der Waals surface area contributed by atoms with Gasteiger partial charge in [-0.1, -0.05) is 29.5 Å². The van der Waals surface area contributed by atoms with E-state index in [1.807, 2.05) is 24.3 Å². The molecule has 4 aromatic rings. The number of fused-ring (bicyclic) bond motifs is 3. The zero-order chi connectivity index (χ0) is 35.1. The van der Waals surface area contributed by atoms with Crippen molar-refractivity contribution in [2.45, 2.75) is 109 Å². The number of hydrogen-bond donors (Lipinski definition) is 0. The summed E-state index contributed by atoms with van der Waals surface area (Å²) in [6.07, 6.45) is 6.05. The van der Waals surface area contributed by atoms with E-state index < -0.39 is 34.5 Å². The fourth-order valence-electron chi connectivity index (χ4n) is 6.64. The molecule has 0 unspecified atom stereocenters. The van der Waals surface area contributed by atoms with Crippen LogP contribution in [0.5, 0.6) is 5.75 Å². The Morgan fingerprint density at radius 1 is 1.04 bits per heavy atom. The van der Waals surface area contributed by atoms with Gasteiger partial charge < -0.3 is 23.7 Å². The van der Waals surface area contributed by atoms with Gasteiger partial charge in [-0.3, -0.25) is 9.36 Å². The maximum Gasteiger partial charge on any atom is 0.333 e. The molecule has 0 N–H and O–H groups in total. The summed E-state index contributed by atoms with van der Waals surface area (Å²) in [6.45, 7) is 10.8. The van der Waals surface area contributed by atoms with E-state index in [-0.39, 0.29) is 24.9 Å². The van der Waals surface area contributed by atoms with Crippen LogP contribution in [0.2, 0.25) is 0 Å². The maximum atomic E-state index is 14.8. The van der Waals surface area contributed by atoms with Crippen molar-refractivity contribution in [2.24, 2.45) is 0 Å². The molecule has 2 aliphatic rings. The maximum absolute atomic E-state index is 14.8. The third kappa shape index (κ3) is 7.09. The van der Waals surface area contributed by atoms with Gasteiger partial charge in [0.2, 0.25) is 0 Å². The number of thiophene rings is 1. The van der Waals surface area contributed by atoms with E-state index in [1.54, 1.807) is 47.2 Å². The molecule has 14 heteroatoms. The van der Waals surface area contributed by atoms with Gasteiger partial charge in [0.25, 0.3) is 5.56 Å². The van der Waals surface area contributed by atoms with Crippen LogP contribution in [-0.4, -0.2) is 74.3 Å². The average Bonchev–Trinajstić information content (AvgIpc) is 3.77. The number of carbonyl (C=O) groups is 1. The lowest BCUT2D eigenvalue weighted by molar-refractivity contribution is -0.164. The van der Waals surface area contributed by atoms with Crippen molar-refractivity contribution >= 4 is 27.5 Å². The molecular formula is C35H45N5O8S. The molecule has 2 saturated heterocycles. The minimum Gasteiger partial charge on any atom is -0.491 e. The Morgan fingerprint density at radius 2 is 1.71 bits per heavy atom. The quantitative estimate of drug-likeness (QED) is 0.152. The third-order valence-electron chi connectivity index (χ3n) is 9.01. The number of aryl methyl sites for hydroxylation is 1. The predicted octanol–water partition coefficient (Wildman–Crippen LogP) is 4.68. The number of aromatic nitrogens is 5. The topological polar surface area (TPSA) is 138 Å². The molecule has 49 heavy (non-hydrogen) atoms. The highest BCUT2D eigenvalue weighted by Gasteiger charge is 2.40. The van der Waals surface area contributed by atoms with Gasteiger partial charge in [0, 0.05) is 18.2 Å². The van der Waals surface area contributed by atoms with Crippen molar-refractivity contribution in [1.82, 2.24) is 24.1 Å². The molecule has 5 heterocycles. The second-order valence-electron chi connectivity index (χ2n) is 14.2. The lowest BCUT2D eigenvalue weighted by Gasteiger charge is -2.33. The second kappa shape index (κ2) is 13.8. The van der Waals surface area contributed by atoms with Crippen LogP contribution in [0.25, 0.3) is 15.2 Å². The minimum absolute atomic E-state index is 0.0310. The molecule has 0 radical (unpaired) electrons. The molecule has 3 aromatic heterocycles. The molecule has 0 spiro atoms. The molecule has 2 aliphatic heterocycles. The number of nitrogens with zero attached hydrogens (tertiary/aromatic N) is 5. The number of rotatable bonds is 12. The van der Waals surface area contributed by atoms with Crippen LogP contribution in [0.3, 0.4) is 0 Å². The van der Waals surface area contributed by atoms with Gasteiger partial charge in [-0.15, -0.1) is 4.80 Å². The number of benzene rings is 1. The second-order valence-corrected chi connectivity index (χ2v) is 15.2. The van der Waals surface area contributed by atoms with E-state index in [1.165, 1.54) is 34.5 Å². The Morgan fingerprint density at radius 3 is 2.37 bits per heavy atom. The number of para-hydroxylation sites is 1. The van der Waals surface area contributed by atoms with Crippen molar-refractivity contribution in [3.63, 3.8) is 0 Å². The van der Waals surface area contributed by atoms with Crippen LogP contribution in [0.1, 0.15) is 77.5 Å². The van der Waals surface area contributed by atoms with E-state index in [0.717, 1.165) is 35.8 Å². The summed E-state index contributed by atoms with van der Waals surface area (Å²) in [5.41, 5.74) is -2.40. The van der Waals surface area contributed by atoms with Gasteiger partial charge in [0.05, 0.1) is 49.2 Å². The molecular weight excluding hydrogens is 650 g/mol. The highest BCUT2D eigenvalue weighted by atomic mass is 32.1. The van der Waals surface area contributed by atoms with E-state index in [0.29, 0.717) is 39.7 Å². The van der Waals surface area contributed by atoms with Crippen LogP contribution in [0.15, 0.2) is 46.2 Å². The van der Waals surface area contributed by atoms with Crippen molar-refractivity contribution in [3.8, 4) is 10.8 Å². The van der Waals surface area contributed by atoms with Gasteiger partial charge in [0.15, 0.2) is 0 Å². The summed E-state index contributed by atoms with van der Waals surface area (Å²) in [4.78, 5) is 44.7. The number of ether oxygens (including phenoxy) is 5. The van der Waals surface area contributed by atoms with Gasteiger partial charge in [-0.25, -0.2) is 14.2 Å². The lowest BCUT2D eigenvalue weighted by Crippen LogP contribution is -2.54. The summed E-state index contributed by atoms with van der Waals surface area (Å²) in [6, 6.07) is 7.60. The third-order valence-corrected chi connectivity index (χ3v) is 10.3. The normalized spacial score (nSPS) is 20.1. The number of methoxy groups -OCH3 is 1. The summed E-state index contributed by atoms with van der Waals surface area (Å²) >= 11 is 1.24. The average molecular weight is 696 g/mol. The molecule has 0 amide bonds. The van der Waals surface area contributed by atoms with Crippen LogP contribution < -0.4 is 16.0 Å². The number of carbonyl (C=O) groups excluding carboxylic acids is 1. The minimum atomic E-state index is -1.65. The molecule has 0 saturated carbocycles. The zero-order valence-electron chi connectivity index (χ0n) is 29.1. The Labute approximate surface area is 288 Å². The first kappa shape index (κ1) is 35.0. The smallest absolute Gasteiger partial charge is 0.333 e. The largest absolute Gasteiger partial charge is 0.491 e. The Hall–Kier alpha value is -3.85. The Kier molecular flexibility index (Phi) is 9.86. The summed E-state index contributed by atoms with van der Waals surface area (Å²) < 4.78 is 32.7. The van der Waals surface area contributed by atoms with Crippen molar-refractivity contribution < 1.29 is 28.5 Å². The van der Waals surface area contributed by atoms with Crippen molar-refractivity contribution in [2.75, 3.05) is 20.3 Å². The molecule has 4 atom stereocenters. The number of esters is 1. The fourth-order valence-corrected chi connectivity index (χ4v) is 7.86. The molecule has 264 valence electrons. The van der Waals surface area contributed by atoms with Crippen molar-refractivity contribution in [1.29, 1.82) is 0 Å². The predicted molar refractivity (Wildman–Crippen MR) is 184 cm³/mol. The first-order valence-corrected chi connectivity index (χ1v) is 17.5. The monoisotopic (exact) mass is 695 g/mol. The lowest BCUT2D eigenvalue weighted by atomic mass is 10.0. The van der Waals surface area contributed by atoms with Gasteiger partial charge >= 0.3 is 11.7 Å². The highest BCUT2D eigenvalue weighted by Crippen LogP contribution is 2.39. The molecule has 2 fully saturated rings. The SMILES string of the molecule is COCCOc1ccccc1[C@H](Cn1c(=O)n(C(C)(C)C(=O)OC(C)(C)C)c(=O)c2c(C)c(-n3nccn3)sc21)O[C@@H]1C[C@H]2CC[C@@H](C1)O2. The van der Waals surface area contributed by atoms with Gasteiger partial charge in [-0.05, 0) is 73.3 Å². The van der Waals surface area contributed by atoms with E-state index in [2.05, 4.69) is 10.2 Å². The van der Waals surface area contributed by atoms with Crippen LogP contribution in [0.4, 0.5) is 0 Å². The number of hydrogen-bond acceptors (Lipinski definition) is 11. The standard InChI is InChI=1S/C35H45N5O8S/c1-21-28-29(41)39(35(5,6)32(42)48-34(2,3)4)33(43)38(31(28)49-30(21)40-36-14-15-37-40)20-27(47-24-18-22-12-13-23(19-24)46-22)25-10-8-9-11-26(25)45-17-16-44-7/h8-11,14-15,22-24,27H,12-13,16-20H2,1-7H3/t22-,23+,24-,27-/m0/s1. The van der Waals surface area contributed by atoms with E-state index >= 15 is 0 Å². The molecule has 0 aliphatic carbocycles. The summed E-state index contributed by atoms with van der Waals surface area (Å²) in [7, 11) is 1.61. The summed E-state index contributed by atoms with van der Waals surface area (Å²) in [5.74, 6) is -0.0932. The molecule has 13 nitrogen and oxygen atoms in total. The molecule has 1 aromatic carbocycles. The highest BCUT2D eigenvalue weighted by molar-refractivity contribution is 7.21. The van der Waals surface area contributed by atoms with Crippen LogP contribution >= 0.6 is 11.3 Å². The van der Waals surface area contributed by atoms with Gasteiger partial charge in [0.1, 0.15) is 39.4 Å². The van der Waals surface area contributed by atoms with Gasteiger partial charge in [-0.2, -0.15) is 10.2 Å². The fraction of sp³-hybridized carbons (Fsp3) is 0.571. The molecule has 2 bridgehead atoms. The Bertz CT molecular complexity index is 1910. The first-order valence-electron chi connectivity index (χ1n) is 16.7. The first-order chi connectivity index (χ1) is 23.3. The summed E-state index contributed by atoms with van der Waals surface area (Å²) in [5, 5.41) is 9.47. The molecule has 6 rings (SSSR count). The van der Waals surface area contributed by atoms with E-state index in [4.69, 9.17) is 23.7 Å². The van der Waals surface area contributed by atoms with E-state index in [9.17, 15) is 14.4 Å². The van der Waals surface area contributed by atoms with Crippen LogP contribution in [-0.2, 0) is 35.8 Å². The Balaban J connectivity index is 1.53.